The minimum Gasteiger partial charge on any atom is -0.316 e. The summed E-state index contributed by atoms with van der Waals surface area (Å²) in [5.74, 6) is 1.47. The van der Waals surface area contributed by atoms with Crippen molar-refractivity contribution < 1.29 is 0 Å². The minimum atomic E-state index is -1.70. The molecule has 2 saturated carbocycles. The van der Waals surface area contributed by atoms with E-state index in [-0.39, 0.29) is 11.0 Å². The van der Waals surface area contributed by atoms with Crippen LogP contribution in [0.2, 0.25) is 18.6 Å². The highest BCUT2D eigenvalue weighted by molar-refractivity contribution is 6.76. The standard InChI is InChI=1S/C40H65NSi/c1-8-10-12-19-27-40(28-20-13-11-9-2)36-24-18-17-23-33(36)35-30-34-31(29-37(35)40)25-26-38(34)42(6,7)41(39(3,4)5)32-21-15-14-16-22-32/h17-18,23-24,29-32,34,38H,8-16,19-22,25-28H2,1-7H3. The molecule has 2 heteroatoms. The molecule has 4 aliphatic rings. The van der Waals surface area contributed by atoms with Crippen molar-refractivity contribution in [2.45, 2.75) is 179 Å². The molecule has 234 valence electrons. The van der Waals surface area contributed by atoms with E-state index in [2.05, 4.69) is 88.7 Å². The van der Waals surface area contributed by atoms with Crippen molar-refractivity contribution in [2.24, 2.45) is 11.8 Å². The molecule has 2 fully saturated rings. The fraction of sp³-hybridized carbons (Fsp3) is 0.750. The highest BCUT2D eigenvalue weighted by Crippen LogP contribution is 2.62. The quantitative estimate of drug-likeness (QED) is 0.164. The van der Waals surface area contributed by atoms with E-state index >= 15 is 0 Å². The molecule has 0 heterocycles. The van der Waals surface area contributed by atoms with E-state index in [4.69, 9.17) is 0 Å². The van der Waals surface area contributed by atoms with E-state index in [0.29, 0.717) is 0 Å². The van der Waals surface area contributed by atoms with Crippen molar-refractivity contribution in [3.8, 4) is 0 Å². The fourth-order valence-electron chi connectivity index (χ4n) is 10.6. The van der Waals surface area contributed by atoms with E-state index in [0.717, 1.165) is 23.4 Å². The topological polar surface area (TPSA) is 3.24 Å². The zero-order valence-corrected chi connectivity index (χ0v) is 29.7. The van der Waals surface area contributed by atoms with Gasteiger partial charge in [-0.25, -0.2) is 0 Å². The maximum absolute atomic E-state index is 3.15. The summed E-state index contributed by atoms with van der Waals surface area (Å²) in [6.45, 7) is 17.8. The van der Waals surface area contributed by atoms with Gasteiger partial charge >= 0.3 is 0 Å². The molecule has 0 amide bonds. The van der Waals surface area contributed by atoms with E-state index in [9.17, 15) is 0 Å². The summed E-state index contributed by atoms with van der Waals surface area (Å²) in [6.07, 6.45) is 29.4. The molecule has 0 bridgehead atoms. The highest BCUT2D eigenvalue weighted by Gasteiger charge is 2.54. The Balaban J connectivity index is 1.50. The normalized spacial score (nSPS) is 25.7. The third-order valence-corrected chi connectivity index (χ3v) is 16.9. The summed E-state index contributed by atoms with van der Waals surface area (Å²) in [7, 11) is -1.70. The molecule has 0 spiro atoms. The number of hydrogen-bond acceptors (Lipinski definition) is 1. The average Bonchev–Trinajstić information content (AvgIpc) is 3.50. The first-order valence-corrected chi connectivity index (χ1v) is 21.5. The van der Waals surface area contributed by atoms with Gasteiger partial charge in [-0.15, -0.1) is 0 Å². The van der Waals surface area contributed by atoms with Gasteiger partial charge in [-0.1, -0.05) is 140 Å². The van der Waals surface area contributed by atoms with E-state index in [1.165, 1.54) is 109 Å². The van der Waals surface area contributed by atoms with Gasteiger partial charge in [-0.2, -0.15) is 0 Å². The van der Waals surface area contributed by atoms with Crippen LogP contribution < -0.4 is 0 Å². The molecule has 3 unspecified atom stereocenters. The van der Waals surface area contributed by atoms with Gasteiger partial charge in [0.15, 0.2) is 0 Å². The largest absolute Gasteiger partial charge is 0.316 e. The Morgan fingerprint density at radius 3 is 2.05 bits per heavy atom. The molecule has 0 N–H and O–H groups in total. The van der Waals surface area contributed by atoms with Crippen LogP contribution >= 0.6 is 0 Å². The summed E-state index contributed by atoms with van der Waals surface area (Å²) < 4.78 is 3.15. The maximum atomic E-state index is 3.15. The first-order valence-electron chi connectivity index (χ1n) is 18.5. The zero-order valence-electron chi connectivity index (χ0n) is 28.7. The second kappa shape index (κ2) is 13.5. The van der Waals surface area contributed by atoms with Crippen LogP contribution in [0, 0.1) is 11.8 Å². The van der Waals surface area contributed by atoms with Crippen LogP contribution in [-0.4, -0.2) is 24.4 Å². The number of rotatable bonds is 13. The smallest absolute Gasteiger partial charge is 0.126 e. The molecule has 42 heavy (non-hydrogen) atoms. The number of benzene rings is 1. The van der Waals surface area contributed by atoms with Crippen LogP contribution in [0.4, 0.5) is 0 Å². The SMILES string of the molecule is CCCCCCC1(CCCCCC)C2=CC3CCC([Si](C)(C)N(C4CCCCC4)C(C)(C)C)C3C=C2c2ccccc21. The first-order chi connectivity index (χ1) is 20.1. The summed E-state index contributed by atoms with van der Waals surface area (Å²) in [6, 6.07) is 10.5. The number of nitrogens with zero attached hydrogens (tertiary/aromatic N) is 1. The van der Waals surface area contributed by atoms with Gasteiger partial charge in [-0.05, 0) is 92.5 Å². The first kappa shape index (κ1) is 32.3. The lowest BCUT2D eigenvalue weighted by atomic mass is 9.68. The van der Waals surface area contributed by atoms with Gasteiger partial charge in [0, 0.05) is 17.0 Å². The van der Waals surface area contributed by atoms with Crippen LogP contribution in [0.1, 0.15) is 155 Å². The predicted molar refractivity (Wildman–Crippen MR) is 188 cm³/mol. The van der Waals surface area contributed by atoms with Crippen molar-refractivity contribution in [1.82, 2.24) is 4.57 Å². The van der Waals surface area contributed by atoms with Crippen molar-refractivity contribution in [2.75, 3.05) is 0 Å². The molecule has 0 aromatic heterocycles. The Hall–Kier alpha value is -1.12. The monoisotopic (exact) mass is 587 g/mol. The maximum Gasteiger partial charge on any atom is 0.126 e. The number of allylic oxidation sites excluding steroid dienone is 4. The molecule has 0 aliphatic heterocycles. The van der Waals surface area contributed by atoms with Crippen LogP contribution in [0.25, 0.3) is 5.57 Å². The van der Waals surface area contributed by atoms with Crippen LogP contribution in [0.5, 0.6) is 0 Å². The van der Waals surface area contributed by atoms with Gasteiger partial charge in [-0.3, -0.25) is 0 Å². The Kier molecular flexibility index (Phi) is 10.4. The third kappa shape index (κ3) is 6.20. The van der Waals surface area contributed by atoms with Gasteiger partial charge in [0.25, 0.3) is 0 Å². The lowest BCUT2D eigenvalue weighted by Crippen LogP contribution is -2.64. The summed E-state index contributed by atoms with van der Waals surface area (Å²) >= 11 is 0. The molecule has 5 rings (SSSR count). The third-order valence-electron chi connectivity index (χ3n) is 12.2. The lowest BCUT2D eigenvalue weighted by molar-refractivity contribution is 0.140. The Morgan fingerprint density at radius 2 is 1.43 bits per heavy atom. The van der Waals surface area contributed by atoms with Gasteiger partial charge in [0.2, 0.25) is 0 Å². The number of unbranched alkanes of at least 4 members (excludes halogenated alkanes) is 6. The van der Waals surface area contributed by atoms with Crippen LogP contribution in [-0.2, 0) is 5.41 Å². The number of hydrogen-bond donors (Lipinski definition) is 0. The zero-order chi connectivity index (χ0) is 30.0. The Labute approximate surface area is 262 Å². The van der Waals surface area contributed by atoms with Crippen LogP contribution in [0.3, 0.4) is 0 Å². The molecule has 1 nitrogen and oxygen atoms in total. The fourth-order valence-corrected chi connectivity index (χ4v) is 16.0. The number of fused-ring (bicyclic) bond motifs is 4. The van der Waals surface area contributed by atoms with Crippen molar-refractivity contribution in [1.29, 1.82) is 0 Å². The average molecular weight is 588 g/mol. The molecule has 4 aliphatic carbocycles. The molecular formula is C40H65NSi. The van der Waals surface area contributed by atoms with E-state index in [1.54, 1.807) is 22.3 Å². The molecule has 1 aromatic carbocycles. The van der Waals surface area contributed by atoms with Crippen molar-refractivity contribution in [3.05, 3.63) is 53.1 Å². The molecular weight excluding hydrogens is 523 g/mol. The second-order valence-corrected chi connectivity index (χ2v) is 20.9. The molecule has 0 saturated heterocycles. The minimum absolute atomic E-state index is 0.249. The molecule has 0 radical (unpaired) electrons. The van der Waals surface area contributed by atoms with Crippen molar-refractivity contribution in [3.63, 3.8) is 0 Å². The van der Waals surface area contributed by atoms with Crippen molar-refractivity contribution >= 4 is 13.8 Å². The Bertz CT molecular complexity index is 1080. The summed E-state index contributed by atoms with van der Waals surface area (Å²) in [5.41, 5.74) is 8.06. The van der Waals surface area contributed by atoms with E-state index < -0.39 is 8.24 Å². The van der Waals surface area contributed by atoms with Gasteiger partial charge in [0.1, 0.15) is 8.24 Å². The highest BCUT2D eigenvalue weighted by atomic mass is 28.3. The Morgan fingerprint density at radius 1 is 0.786 bits per heavy atom. The summed E-state index contributed by atoms with van der Waals surface area (Å²) in [4.78, 5) is 0. The second-order valence-electron chi connectivity index (χ2n) is 16.3. The molecule has 1 aromatic rings. The van der Waals surface area contributed by atoms with Gasteiger partial charge in [0.05, 0.1) is 0 Å². The molecule has 3 atom stereocenters. The summed E-state index contributed by atoms with van der Waals surface area (Å²) in [5, 5.41) is 0. The lowest BCUT2D eigenvalue weighted by Gasteiger charge is -2.55. The van der Waals surface area contributed by atoms with Gasteiger partial charge < -0.3 is 4.57 Å². The predicted octanol–water partition coefficient (Wildman–Crippen LogP) is 12.2. The van der Waals surface area contributed by atoms with E-state index in [1.807, 2.05) is 0 Å². The van der Waals surface area contributed by atoms with Crippen LogP contribution in [0.15, 0.2) is 42.0 Å².